The number of nitrogens with one attached hydrogen (secondary N) is 2. The summed E-state index contributed by atoms with van der Waals surface area (Å²) in [6.07, 6.45) is 3.15. The molecule has 2 amide bonds. The number of piperazine rings is 1. The molecule has 0 bridgehead atoms. The minimum absolute atomic E-state index is 0.199. The number of amides is 2. The lowest BCUT2D eigenvalue weighted by atomic mass is 10.0. The quantitative estimate of drug-likeness (QED) is 0.306. The van der Waals surface area contributed by atoms with Gasteiger partial charge in [0.25, 0.3) is 5.91 Å². The molecule has 4 aromatic rings. The molecule has 13 heteroatoms. The van der Waals surface area contributed by atoms with E-state index in [2.05, 4.69) is 42.7 Å². The number of fused-ring (bicyclic) bond motifs is 1. The zero-order chi connectivity index (χ0) is 31.0. The topological polar surface area (TPSA) is 124 Å². The smallest absolute Gasteiger partial charge is 0.255 e. The summed E-state index contributed by atoms with van der Waals surface area (Å²) in [5, 5.41) is 14.9. The first-order chi connectivity index (χ1) is 21.2. The van der Waals surface area contributed by atoms with Crippen molar-refractivity contribution in [3.63, 3.8) is 0 Å². The first-order valence-electron chi connectivity index (χ1n) is 14.6. The van der Waals surface area contributed by atoms with Crippen molar-refractivity contribution < 1.29 is 9.59 Å². The molecule has 228 valence electrons. The van der Waals surface area contributed by atoms with Gasteiger partial charge in [0.1, 0.15) is 17.7 Å². The maximum Gasteiger partial charge on any atom is 0.255 e. The molecule has 12 nitrogen and oxygen atoms in total. The van der Waals surface area contributed by atoms with Crippen LogP contribution in [0.4, 0.5) is 17.5 Å². The summed E-state index contributed by atoms with van der Waals surface area (Å²) in [5.41, 5.74) is 3.67. The van der Waals surface area contributed by atoms with E-state index in [1.807, 2.05) is 43.3 Å². The molecule has 2 N–H and O–H groups in total. The van der Waals surface area contributed by atoms with Gasteiger partial charge in [0.2, 0.25) is 5.91 Å². The van der Waals surface area contributed by atoms with E-state index in [-0.39, 0.29) is 17.9 Å². The highest BCUT2D eigenvalue weighted by Crippen LogP contribution is 2.34. The molecule has 2 atom stereocenters. The van der Waals surface area contributed by atoms with Gasteiger partial charge >= 0.3 is 0 Å². The molecule has 2 aliphatic heterocycles. The highest BCUT2D eigenvalue weighted by molar-refractivity contribution is 6.33. The first-order valence-corrected chi connectivity index (χ1v) is 15.0. The summed E-state index contributed by atoms with van der Waals surface area (Å²) >= 11 is 6.52. The Labute approximate surface area is 261 Å². The zero-order valence-electron chi connectivity index (χ0n) is 25.2. The highest BCUT2D eigenvalue weighted by atomic mass is 35.5. The van der Waals surface area contributed by atoms with E-state index in [1.54, 1.807) is 37.3 Å². The van der Waals surface area contributed by atoms with Crippen LogP contribution in [0.15, 0.2) is 54.9 Å². The second-order valence-electron chi connectivity index (χ2n) is 11.3. The second-order valence-corrected chi connectivity index (χ2v) is 11.7. The van der Waals surface area contributed by atoms with Crippen LogP contribution in [0.2, 0.25) is 5.02 Å². The van der Waals surface area contributed by atoms with Crippen LogP contribution in [-0.2, 0) is 18.4 Å². The van der Waals surface area contributed by atoms with Gasteiger partial charge in [-0.3, -0.25) is 9.59 Å². The van der Waals surface area contributed by atoms with Crippen LogP contribution >= 0.6 is 11.6 Å². The van der Waals surface area contributed by atoms with Gasteiger partial charge in [0.05, 0.1) is 23.0 Å². The Kier molecular flexibility index (Phi) is 8.19. The lowest BCUT2D eigenvalue weighted by molar-refractivity contribution is -0.125. The maximum atomic E-state index is 13.6. The normalized spacial score (nSPS) is 16.5. The number of likely N-dealkylation sites (N-methyl/N-ethyl adjacent to an activating group) is 1. The van der Waals surface area contributed by atoms with Gasteiger partial charge < -0.3 is 25.3 Å². The van der Waals surface area contributed by atoms with Crippen LogP contribution in [0, 0.1) is 0 Å². The Morgan fingerprint density at radius 3 is 2.52 bits per heavy atom. The molecule has 0 radical (unpaired) electrons. The molecule has 2 unspecified atom stereocenters. The Bertz CT molecular complexity index is 1700. The number of hydrogen-bond donors (Lipinski definition) is 2. The van der Waals surface area contributed by atoms with Crippen molar-refractivity contribution in [2.75, 3.05) is 43.4 Å². The van der Waals surface area contributed by atoms with Gasteiger partial charge in [-0.25, -0.2) is 9.97 Å². The largest absolute Gasteiger partial charge is 0.354 e. The van der Waals surface area contributed by atoms with Crippen LogP contribution in [0.1, 0.15) is 41.5 Å². The number of halogens is 1. The summed E-state index contributed by atoms with van der Waals surface area (Å²) < 4.78 is 0. The predicted octanol–water partition coefficient (Wildman–Crippen LogP) is 3.64. The zero-order valence-corrected chi connectivity index (χ0v) is 25.9. The third kappa shape index (κ3) is 6.08. The molecule has 0 aliphatic carbocycles. The molecule has 5 heterocycles. The van der Waals surface area contributed by atoms with E-state index in [1.165, 1.54) is 4.80 Å². The third-order valence-electron chi connectivity index (χ3n) is 8.20. The van der Waals surface area contributed by atoms with Gasteiger partial charge in [-0.1, -0.05) is 29.8 Å². The number of aryl methyl sites for hydroxylation is 1. The summed E-state index contributed by atoms with van der Waals surface area (Å²) in [6.45, 7) is 7.82. The van der Waals surface area contributed by atoms with Gasteiger partial charge in [0.15, 0.2) is 5.82 Å². The molecule has 0 spiro atoms. The van der Waals surface area contributed by atoms with Crippen molar-refractivity contribution in [1.29, 1.82) is 0 Å². The number of anilines is 3. The molecular formula is C31H35ClN10O2. The van der Waals surface area contributed by atoms with Gasteiger partial charge in [-0.2, -0.15) is 9.90 Å². The number of carbonyl (C=O) groups excluding carboxylic acids is 2. The standard InChI is InChI=1S/C31H35ClN10O2/c1-19(26-6-5-7-29(36-26)41-12-10-39(3)11-13-41)35-30(43)20(2)42-18-22-9-8-21(14-24(22)31(42)44)23-15-27(33-16-25(23)32)37-28-17-34-40(4)38-28/h5-9,14-17,19-20H,10-13,18H2,1-4H3,(H,35,43)(H,33,37,38). The minimum Gasteiger partial charge on any atom is -0.354 e. The van der Waals surface area contributed by atoms with Crippen LogP contribution < -0.4 is 15.5 Å². The molecule has 44 heavy (non-hydrogen) atoms. The summed E-state index contributed by atoms with van der Waals surface area (Å²) in [4.78, 5) is 43.7. The Morgan fingerprint density at radius 1 is 0.977 bits per heavy atom. The molecule has 1 aromatic carbocycles. The number of aromatic nitrogens is 5. The van der Waals surface area contributed by atoms with E-state index in [9.17, 15) is 9.59 Å². The molecule has 2 aliphatic rings. The number of benzene rings is 1. The number of carbonyl (C=O) groups is 2. The third-order valence-corrected chi connectivity index (χ3v) is 8.50. The van der Waals surface area contributed by atoms with Crippen LogP contribution in [-0.4, -0.2) is 85.8 Å². The van der Waals surface area contributed by atoms with Gasteiger partial charge in [-0.05, 0) is 56.3 Å². The maximum absolute atomic E-state index is 13.6. The van der Waals surface area contributed by atoms with Crippen LogP contribution in [0.25, 0.3) is 11.1 Å². The molecular weight excluding hydrogens is 580 g/mol. The summed E-state index contributed by atoms with van der Waals surface area (Å²) in [5.74, 6) is 1.57. The van der Waals surface area contributed by atoms with Crippen molar-refractivity contribution in [3.05, 3.63) is 76.7 Å². The van der Waals surface area contributed by atoms with Gasteiger partial charge in [-0.15, -0.1) is 5.10 Å². The molecule has 1 fully saturated rings. The lowest BCUT2D eigenvalue weighted by Gasteiger charge is -2.33. The Morgan fingerprint density at radius 2 is 1.77 bits per heavy atom. The van der Waals surface area contributed by atoms with E-state index < -0.39 is 6.04 Å². The number of hydrogen-bond acceptors (Lipinski definition) is 9. The highest BCUT2D eigenvalue weighted by Gasteiger charge is 2.34. The van der Waals surface area contributed by atoms with Crippen molar-refractivity contribution >= 4 is 40.9 Å². The first kappa shape index (κ1) is 29.5. The monoisotopic (exact) mass is 614 g/mol. The number of nitrogens with zero attached hydrogens (tertiary/aromatic N) is 8. The van der Waals surface area contributed by atoms with E-state index >= 15 is 0 Å². The molecule has 0 saturated carbocycles. The average molecular weight is 615 g/mol. The second kappa shape index (κ2) is 12.2. The van der Waals surface area contributed by atoms with Gasteiger partial charge in [0, 0.05) is 57.1 Å². The molecule has 3 aromatic heterocycles. The van der Waals surface area contributed by atoms with Crippen molar-refractivity contribution in [2.45, 2.75) is 32.5 Å². The lowest BCUT2D eigenvalue weighted by Crippen LogP contribution is -2.46. The number of pyridine rings is 2. The van der Waals surface area contributed by atoms with E-state index in [0.29, 0.717) is 34.3 Å². The van der Waals surface area contributed by atoms with Crippen LogP contribution in [0.3, 0.4) is 0 Å². The molecule has 1 saturated heterocycles. The summed E-state index contributed by atoms with van der Waals surface area (Å²) in [7, 11) is 3.85. The fraction of sp³-hybridized carbons (Fsp3) is 0.355. The van der Waals surface area contributed by atoms with Crippen LogP contribution in [0.5, 0.6) is 0 Å². The summed E-state index contributed by atoms with van der Waals surface area (Å²) in [6, 6.07) is 12.4. The molecule has 6 rings (SSSR count). The van der Waals surface area contributed by atoms with Crippen molar-refractivity contribution in [3.8, 4) is 11.1 Å². The van der Waals surface area contributed by atoms with Crippen molar-refractivity contribution in [2.24, 2.45) is 7.05 Å². The fourth-order valence-electron chi connectivity index (χ4n) is 5.51. The number of rotatable bonds is 8. The SMILES string of the molecule is CC(NC(=O)C(C)N1Cc2ccc(-c3cc(Nc4cnn(C)n4)ncc3Cl)cc2C1=O)c1cccc(N2CCN(C)CC2)n1. The minimum atomic E-state index is -0.672. The Balaban J connectivity index is 1.13. The van der Waals surface area contributed by atoms with E-state index in [0.717, 1.165) is 48.8 Å². The fourth-order valence-corrected chi connectivity index (χ4v) is 5.72. The average Bonchev–Trinajstić information content (AvgIpc) is 3.59. The Hall–Kier alpha value is -4.55. The predicted molar refractivity (Wildman–Crippen MR) is 169 cm³/mol. The van der Waals surface area contributed by atoms with Crippen molar-refractivity contribution in [1.82, 2.24) is 40.1 Å². The van der Waals surface area contributed by atoms with E-state index in [4.69, 9.17) is 16.6 Å².